The number of hydrogen-bond acceptors (Lipinski definition) is 4. The molecule has 0 aliphatic rings. The Morgan fingerprint density at radius 3 is 2.57 bits per heavy atom. The van der Waals surface area contributed by atoms with Crippen LogP contribution in [-0.2, 0) is 10.0 Å². The van der Waals surface area contributed by atoms with E-state index in [1.165, 1.54) is 15.6 Å². The Kier molecular flexibility index (Phi) is 4.95. The molecule has 0 fully saturated rings. The third kappa shape index (κ3) is 3.41. The van der Waals surface area contributed by atoms with Gasteiger partial charge < -0.3 is 5.73 Å². The summed E-state index contributed by atoms with van der Waals surface area (Å²) in [6.07, 6.45) is 0.721. The van der Waals surface area contributed by atoms with Gasteiger partial charge in [-0.2, -0.15) is 0 Å². The Balaban J connectivity index is 2.54. The van der Waals surface area contributed by atoms with E-state index in [1.807, 2.05) is 13.8 Å². The lowest BCUT2D eigenvalue weighted by Crippen LogP contribution is -2.32. The summed E-state index contributed by atoms with van der Waals surface area (Å²) in [6.45, 7) is 4.18. The van der Waals surface area contributed by atoms with Gasteiger partial charge in [-0.05, 0) is 53.5 Å². The van der Waals surface area contributed by atoms with E-state index in [9.17, 15) is 8.42 Å². The molecular weight excluding hydrogens is 372 g/mol. The lowest BCUT2D eigenvalue weighted by molar-refractivity contribution is 0.590. The van der Waals surface area contributed by atoms with Crippen molar-refractivity contribution in [3.63, 3.8) is 0 Å². The van der Waals surface area contributed by atoms with Gasteiger partial charge in [-0.1, -0.05) is 13.0 Å². The molecule has 0 saturated carbocycles. The van der Waals surface area contributed by atoms with Crippen LogP contribution in [0, 0.1) is 6.92 Å². The maximum absolute atomic E-state index is 12.9. The summed E-state index contributed by atoms with van der Waals surface area (Å²) in [7, 11) is -3.58. The van der Waals surface area contributed by atoms with E-state index < -0.39 is 10.0 Å². The van der Waals surface area contributed by atoms with Crippen molar-refractivity contribution >= 4 is 48.7 Å². The van der Waals surface area contributed by atoms with Crippen LogP contribution in [0.2, 0.25) is 0 Å². The molecule has 0 aliphatic carbocycles. The highest BCUT2D eigenvalue weighted by atomic mass is 79.9. The summed E-state index contributed by atoms with van der Waals surface area (Å²) in [5.74, 6) is 0. The minimum Gasteiger partial charge on any atom is -0.399 e. The molecule has 0 radical (unpaired) electrons. The molecule has 0 aliphatic heterocycles. The lowest BCUT2D eigenvalue weighted by Gasteiger charge is -2.24. The average molecular weight is 389 g/mol. The van der Waals surface area contributed by atoms with Crippen molar-refractivity contribution in [2.45, 2.75) is 25.2 Å². The van der Waals surface area contributed by atoms with Crippen LogP contribution < -0.4 is 10.0 Å². The van der Waals surface area contributed by atoms with E-state index in [2.05, 4.69) is 15.9 Å². The number of nitrogen functional groups attached to an aromatic ring is 1. The molecule has 7 heteroatoms. The van der Waals surface area contributed by atoms with E-state index in [0.717, 1.165) is 15.1 Å². The molecule has 21 heavy (non-hydrogen) atoms. The predicted octanol–water partition coefficient (Wildman–Crippen LogP) is 4.01. The zero-order valence-electron chi connectivity index (χ0n) is 11.8. The number of nitrogens with two attached hydrogens (primary N) is 1. The SMILES string of the molecule is CCCN(c1cccc(N)c1)S(=O)(=O)c1cc(Br)sc1C. The summed E-state index contributed by atoms with van der Waals surface area (Å²) in [6, 6.07) is 8.61. The summed E-state index contributed by atoms with van der Waals surface area (Å²) >= 11 is 4.76. The van der Waals surface area contributed by atoms with Crippen molar-refractivity contribution in [1.29, 1.82) is 0 Å². The Morgan fingerprint density at radius 1 is 1.33 bits per heavy atom. The van der Waals surface area contributed by atoms with E-state index in [0.29, 0.717) is 22.8 Å². The first-order chi connectivity index (χ1) is 9.86. The van der Waals surface area contributed by atoms with Crippen molar-refractivity contribution in [3.05, 3.63) is 39.0 Å². The van der Waals surface area contributed by atoms with Gasteiger partial charge in [-0.15, -0.1) is 11.3 Å². The van der Waals surface area contributed by atoms with Gasteiger partial charge in [0.15, 0.2) is 0 Å². The molecule has 2 rings (SSSR count). The van der Waals surface area contributed by atoms with Gasteiger partial charge in [0.25, 0.3) is 10.0 Å². The van der Waals surface area contributed by atoms with Crippen molar-refractivity contribution in [2.24, 2.45) is 0 Å². The number of hydrogen-bond donors (Lipinski definition) is 1. The number of nitrogens with zero attached hydrogens (tertiary/aromatic N) is 1. The summed E-state index contributed by atoms with van der Waals surface area (Å²) in [4.78, 5) is 1.11. The van der Waals surface area contributed by atoms with Gasteiger partial charge in [0.2, 0.25) is 0 Å². The van der Waals surface area contributed by atoms with Crippen molar-refractivity contribution in [2.75, 3.05) is 16.6 Å². The van der Waals surface area contributed by atoms with Crippen LogP contribution >= 0.6 is 27.3 Å². The van der Waals surface area contributed by atoms with E-state index in [-0.39, 0.29) is 0 Å². The monoisotopic (exact) mass is 388 g/mol. The molecule has 114 valence electrons. The normalized spacial score (nSPS) is 11.6. The van der Waals surface area contributed by atoms with Crippen LogP contribution in [0.1, 0.15) is 18.2 Å². The number of thiophene rings is 1. The summed E-state index contributed by atoms with van der Waals surface area (Å²) in [5, 5.41) is 0. The Morgan fingerprint density at radius 2 is 2.05 bits per heavy atom. The molecular formula is C14H17BrN2O2S2. The summed E-state index contributed by atoms with van der Waals surface area (Å²) in [5.41, 5.74) is 6.93. The third-order valence-electron chi connectivity index (χ3n) is 3.00. The van der Waals surface area contributed by atoms with Crippen molar-refractivity contribution in [3.8, 4) is 0 Å². The quantitative estimate of drug-likeness (QED) is 0.786. The van der Waals surface area contributed by atoms with Crippen molar-refractivity contribution < 1.29 is 8.42 Å². The molecule has 2 aromatic rings. The molecule has 2 N–H and O–H groups in total. The minimum absolute atomic E-state index is 0.343. The molecule has 4 nitrogen and oxygen atoms in total. The number of anilines is 2. The topological polar surface area (TPSA) is 63.4 Å². The molecule has 0 unspecified atom stereocenters. The summed E-state index contributed by atoms with van der Waals surface area (Å²) < 4.78 is 28.1. The maximum Gasteiger partial charge on any atom is 0.265 e. The zero-order valence-corrected chi connectivity index (χ0v) is 15.1. The largest absolute Gasteiger partial charge is 0.399 e. The van der Waals surface area contributed by atoms with E-state index in [1.54, 1.807) is 30.3 Å². The second-order valence-corrected chi connectivity index (χ2v) is 9.11. The van der Waals surface area contributed by atoms with Crippen LogP contribution in [-0.4, -0.2) is 15.0 Å². The molecule has 1 aromatic carbocycles. The van der Waals surface area contributed by atoms with Crippen LogP contribution in [0.3, 0.4) is 0 Å². The molecule has 0 amide bonds. The molecule has 0 atom stereocenters. The van der Waals surface area contributed by atoms with Crippen LogP contribution in [0.4, 0.5) is 11.4 Å². The van der Waals surface area contributed by atoms with E-state index in [4.69, 9.17) is 5.73 Å². The number of rotatable bonds is 5. The highest BCUT2D eigenvalue weighted by Gasteiger charge is 2.27. The average Bonchev–Trinajstić information content (AvgIpc) is 2.75. The second-order valence-electron chi connectivity index (χ2n) is 4.64. The van der Waals surface area contributed by atoms with Gasteiger partial charge in [-0.3, -0.25) is 4.31 Å². The van der Waals surface area contributed by atoms with Crippen LogP contribution in [0.5, 0.6) is 0 Å². The van der Waals surface area contributed by atoms with Gasteiger partial charge in [-0.25, -0.2) is 8.42 Å². The molecule has 0 spiro atoms. The zero-order chi connectivity index (χ0) is 15.6. The number of sulfonamides is 1. The first-order valence-electron chi connectivity index (χ1n) is 6.50. The number of benzene rings is 1. The standard InChI is InChI=1S/C14H17BrN2O2S2/c1-3-7-17(12-6-4-5-11(16)8-12)21(18,19)13-9-14(15)20-10(13)2/h4-6,8-9H,3,7,16H2,1-2H3. The second kappa shape index (κ2) is 6.37. The fourth-order valence-corrected chi connectivity index (χ4v) is 6.01. The molecule has 1 aromatic heterocycles. The smallest absolute Gasteiger partial charge is 0.265 e. The Bertz CT molecular complexity index is 741. The highest BCUT2D eigenvalue weighted by molar-refractivity contribution is 9.11. The van der Waals surface area contributed by atoms with Crippen molar-refractivity contribution in [1.82, 2.24) is 0 Å². The Hall–Kier alpha value is -1.05. The van der Waals surface area contributed by atoms with E-state index >= 15 is 0 Å². The fraction of sp³-hybridized carbons (Fsp3) is 0.286. The molecule has 1 heterocycles. The maximum atomic E-state index is 12.9. The predicted molar refractivity (Wildman–Crippen MR) is 92.4 cm³/mol. The number of halogens is 1. The minimum atomic E-state index is -3.58. The molecule has 0 saturated heterocycles. The van der Waals surface area contributed by atoms with Gasteiger partial charge >= 0.3 is 0 Å². The highest BCUT2D eigenvalue weighted by Crippen LogP contribution is 2.33. The van der Waals surface area contributed by atoms with Gasteiger partial charge in [0.05, 0.1) is 9.47 Å². The van der Waals surface area contributed by atoms with Crippen LogP contribution in [0.25, 0.3) is 0 Å². The number of aryl methyl sites for hydroxylation is 1. The first kappa shape index (κ1) is 16.3. The van der Waals surface area contributed by atoms with Crippen LogP contribution in [0.15, 0.2) is 39.0 Å². The molecule has 0 bridgehead atoms. The Labute approximate surface area is 137 Å². The van der Waals surface area contributed by atoms with Gasteiger partial charge in [0, 0.05) is 17.1 Å². The third-order valence-corrected chi connectivity index (χ3v) is 6.63. The fourth-order valence-electron chi connectivity index (χ4n) is 2.08. The van der Waals surface area contributed by atoms with Gasteiger partial charge in [0.1, 0.15) is 4.90 Å². The lowest BCUT2D eigenvalue weighted by atomic mass is 10.3. The first-order valence-corrected chi connectivity index (χ1v) is 9.55.